The minimum Gasteiger partial charge on any atom is -0.338 e. The van der Waals surface area contributed by atoms with Gasteiger partial charge >= 0.3 is 6.18 Å². The Kier molecular flexibility index (Phi) is 4.29. The lowest BCUT2D eigenvalue weighted by atomic mass is 9.96. The van der Waals surface area contributed by atoms with Crippen LogP contribution >= 0.6 is 0 Å². The maximum Gasteiger partial charge on any atom is 0.432 e. The third-order valence-corrected chi connectivity index (χ3v) is 4.10. The van der Waals surface area contributed by atoms with Crippen molar-refractivity contribution in [3.63, 3.8) is 0 Å². The van der Waals surface area contributed by atoms with Crippen molar-refractivity contribution in [2.24, 2.45) is 0 Å². The van der Waals surface area contributed by atoms with Crippen LogP contribution in [0.2, 0.25) is 0 Å². The number of piperidine rings is 1. The molecule has 1 aromatic heterocycles. The number of benzene rings is 1. The number of alkyl halides is 3. The summed E-state index contributed by atoms with van der Waals surface area (Å²) in [6.45, 7) is 0.647. The number of aromatic nitrogens is 2. The molecule has 8 heteroatoms. The van der Waals surface area contributed by atoms with Gasteiger partial charge in [0.25, 0.3) is 5.91 Å². The molecule has 1 saturated heterocycles. The normalized spacial score (nSPS) is 18.7. The number of nitrogens with one attached hydrogen (secondary N) is 1. The number of hydrogen-bond donors (Lipinski definition) is 1. The van der Waals surface area contributed by atoms with Gasteiger partial charge in [-0.05, 0) is 25.0 Å². The minimum atomic E-state index is -4.48. The van der Waals surface area contributed by atoms with Crippen molar-refractivity contribution < 1.29 is 22.4 Å². The Hall–Kier alpha value is -2.38. The molecule has 128 valence electrons. The van der Waals surface area contributed by atoms with Crippen LogP contribution in [0.3, 0.4) is 0 Å². The van der Waals surface area contributed by atoms with E-state index in [0.29, 0.717) is 19.4 Å². The van der Waals surface area contributed by atoms with Crippen molar-refractivity contribution in [1.82, 2.24) is 14.9 Å². The summed E-state index contributed by atoms with van der Waals surface area (Å²) in [6, 6.07) is 5.67. The molecule has 0 bridgehead atoms. The molecule has 1 aliphatic rings. The predicted molar refractivity (Wildman–Crippen MR) is 77.9 cm³/mol. The number of nitrogens with zero attached hydrogens (tertiary/aromatic N) is 2. The third-order valence-electron chi connectivity index (χ3n) is 4.10. The Morgan fingerprint density at radius 2 is 2.04 bits per heavy atom. The van der Waals surface area contributed by atoms with Gasteiger partial charge in [-0.2, -0.15) is 13.2 Å². The van der Waals surface area contributed by atoms with Crippen molar-refractivity contribution in [3.05, 3.63) is 53.4 Å². The van der Waals surface area contributed by atoms with Crippen molar-refractivity contribution in [2.75, 3.05) is 13.1 Å². The van der Waals surface area contributed by atoms with E-state index in [1.54, 1.807) is 6.07 Å². The Labute approximate surface area is 135 Å². The molecule has 1 N–H and O–H groups in total. The molecule has 0 saturated carbocycles. The van der Waals surface area contributed by atoms with E-state index in [1.807, 2.05) is 0 Å². The summed E-state index contributed by atoms with van der Waals surface area (Å²) < 4.78 is 51.7. The average molecular weight is 341 g/mol. The first-order chi connectivity index (χ1) is 11.4. The summed E-state index contributed by atoms with van der Waals surface area (Å²) in [5.74, 6) is -1.19. The summed E-state index contributed by atoms with van der Waals surface area (Å²) in [6.07, 6.45) is -2.49. The Bertz CT molecular complexity index is 741. The molecule has 24 heavy (non-hydrogen) atoms. The van der Waals surface area contributed by atoms with E-state index >= 15 is 0 Å². The number of amides is 1. The van der Waals surface area contributed by atoms with Gasteiger partial charge in [0.05, 0.1) is 11.8 Å². The molecular formula is C16H15F4N3O. The molecule has 2 heterocycles. The largest absolute Gasteiger partial charge is 0.432 e. The van der Waals surface area contributed by atoms with Gasteiger partial charge in [0.2, 0.25) is 0 Å². The molecule has 3 rings (SSSR count). The van der Waals surface area contributed by atoms with E-state index in [1.165, 1.54) is 23.1 Å². The average Bonchev–Trinajstić information content (AvgIpc) is 3.05. The molecule has 4 nitrogen and oxygen atoms in total. The van der Waals surface area contributed by atoms with Gasteiger partial charge in [-0.3, -0.25) is 4.79 Å². The van der Waals surface area contributed by atoms with E-state index in [2.05, 4.69) is 9.97 Å². The van der Waals surface area contributed by atoms with Crippen LogP contribution in [-0.2, 0) is 6.18 Å². The maximum atomic E-state index is 13.8. The maximum absolute atomic E-state index is 13.8. The van der Waals surface area contributed by atoms with Gasteiger partial charge in [0.1, 0.15) is 17.3 Å². The highest BCUT2D eigenvalue weighted by Gasteiger charge is 2.35. The second kappa shape index (κ2) is 6.26. The first-order valence-corrected chi connectivity index (χ1v) is 7.52. The van der Waals surface area contributed by atoms with Crippen molar-refractivity contribution in [3.8, 4) is 0 Å². The number of H-pyrrole nitrogens is 1. The van der Waals surface area contributed by atoms with Crippen molar-refractivity contribution in [1.29, 1.82) is 0 Å². The number of carbonyl (C=O) groups excluding carboxylic acids is 1. The summed E-state index contributed by atoms with van der Waals surface area (Å²) in [5, 5.41) is 0. The number of rotatable bonds is 2. The van der Waals surface area contributed by atoms with Gasteiger partial charge in [-0.1, -0.05) is 12.1 Å². The topological polar surface area (TPSA) is 49.0 Å². The zero-order valence-electron chi connectivity index (χ0n) is 12.6. The number of carbonyl (C=O) groups is 1. The quantitative estimate of drug-likeness (QED) is 0.849. The second-order valence-corrected chi connectivity index (χ2v) is 5.75. The van der Waals surface area contributed by atoms with E-state index in [0.717, 1.165) is 6.20 Å². The van der Waals surface area contributed by atoms with E-state index < -0.39 is 23.6 Å². The molecule has 1 aliphatic heterocycles. The summed E-state index contributed by atoms with van der Waals surface area (Å²) in [5.41, 5.74) is -0.941. The lowest BCUT2D eigenvalue weighted by Gasteiger charge is -2.32. The van der Waals surface area contributed by atoms with Gasteiger partial charge in [-0.25, -0.2) is 9.37 Å². The van der Waals surface area contributed by atoms with E-state index in [9.17, 15) is 22.4 Å². The molecule has 0 spiro atoms. The predicted octanol–water partition coefficient (Wildman–Crippen LogP) is 3.59. The monoisotopic (exact) mass is 341 g/mol. The Morgan fingerprint density at radius 3 is 2.71 bits per heavy atom. The fourth-order valence-electron chi connectivity index (χ4n) is 2.88. The lowest BCUT2D eigenvalue weighted by molar-refractivity contribution is -0.141. The number of hydrogen-bond acceptors (Lipinski definition) is 2. The SMILES string of the molecule is O=C(c1ccccc1F)N1CCCC(c2ncc(C(F)(F)F)[nH]2)C1. The highest BCUT2D eigenvalue weighted by Crippen LogP contribution is 2.31. The minimum absolute atomic E-state index is 0.0337. The highest BCUT2D eigenvalue weighted by molar-refractivity contribution is 5.94. The number of halogens is 4. The van der Waals surface area contributed by atoms with Crippen molar-refractivity contribution >= 4 is 5.91 Å². The van der Waals surface area contributed by atoms with Crippen molar-refractivity contribution in [2.45, 2.75) is 24.9 Å². The van der Waals surface area contributed by atoms with Gasteiger partial charge in [0.15, 0.2) is 0 Å². The van der Waals surface area contributed by atoms with Crippen LogP contribution in [-0.4, -0.2) is 33.9 Å². The zero-order valence-corrected chi connectivity index (χ0v) is 12.6. The molecule has 0 radical (unpaired) electrons. The van der Waals surface area contributed by atoms with Gasteiger partial charge < -0.3 is 9.88 Å². The molecule has 1 fully saturated rings. The Morgan fingerprint density at radius 1 is 1.29 bits per heavy atom. The molecule has 2 aromatic rings. The fraction of sp³-hybridized carbons (Fsp3) is 0.375. The molecule has 1 amide bonds. The first kappa shape index (κ1) is 16.5. The number of likely N-dealkylation sites (tertiary alicyclic amines) is 1. The summed E-state index contributed by atoms with van der Waals surface area (Å²) >= 11 is 0. The van der Waals surface area contributed by atoms with E-state index in [-0.39, 0.29) is 23.9 Å². The number of aromatic amines is 1. The van der Waals surface area contributed by atoms with Crippen LogP contribution in [0, 0.1) is 5.82 Å². The first-order valence-electron chi connectivity index (χ1n) is 7.52. The number of imidazole rings is 1. The third kappa shape index (κ3) is 3.27. The summed E-state index contributed by atoms with van der Waals surface area (Å²) in [4.78, 5) is 20.0. The van der Waals surface area contributed by atoms with E-state index in [4.69, 9.17) is 0 Å². The van der Waals surface area contributed by atoms with Crippen LogP contribution in [0.5, 0.6) is 0 Å². The molecule has 1 atom stereocenters. The zero-order chi connectivity index (χ0) is 17.3. The second-order valence-electron chi connectivity index (χ2n) is 5.75. The molecule has 1 aromatic carbocycles. The van der Waals surface area contributed by atoms with Crippen LogP contribution in [0.1, 0.15) is 40.6 Å². The van der Waals surface area contributed by atoms with Gasteiger partial charge in [0, 0.05) is 19.0 Å². The van der Waals surface area contributed by atoms with Gasteiger partial charge in [-0.15, -0.1) is 0 Å². The lowest BCUT2D eigenvalue weighted by Crippen LogP contribution is -2.39. The molecule has 0 aliphatic carbocycles. The van der Waals surface area contributed by atoms with Crippen LogP contribution < -0.4 is 0 Å². The van der Waals surface area contributed by atoms with Crippen LogP contribution in [0.25, 0.3) is 0 Å². The molecule has 1 unspecified atom stereocenters. The standard InChI is InChI=1S/C16H15F4N3O/c17-12-6-2-1-5-11(12)15(24)23-7-3-4-10(9-23)14-21-8-13(22-14)16(18,19)20/h1-2,5-6,8,10H,3-4,7,9H2,(H,21,22). The summed E-state index contributed by atoms with van der Waals surface area (Å²) in [7, 11) is 0. The fourth-order valence-corrected chi connectivity index (χ4v) is 2.88. The van der Waals surface area contributed by atoms with Crippen LogP contribution in [0.4, 0.5) is 17.6 Å². The molecular weight excluding hydrogens is 326 g/mol. The van der Waals surface area contributed by atoms with Crippen LogP contribution in [0.15, 0.2) is 30.5 Å². The highest BCUT2D eigenvalue weighted by atomic mass is 19.4. The Balaban J connectivity index is 1.76. The smallest absolute Gasteiger partial charge is 0.338 e.